The first kappa shape index (κ1) is 19.9. The summed E-state index contributed by atoms with van der Waals surface area (Å²) >= 11 is 0. The van der Waals surface area contributed by atoms with E-state index in [9.17, 15) is 12.8 Å². The van der Waals surface area contributed by atoms with Gasteiger partial charge >= 0.3 is 7.12 Å². The summed E-state index contributed by atoms with van der Waals surface area (Å²) in [6, 6.07) is 6.18. The molecule has 1 aliphatic heterocycles. The molecule has 0 atom stereocenters. The van der Waals surface area contributed by atoms with Gasteiger partial charge in [-0.1, -0.05) is 17.7 Å². The fraction of sp³-hybridized carbons (Fsp3) is 0.444. The number of rotatable bonds is 4. The lowest BCUT2D eigenvalue weighted by Gasteiger charge is -2.32. The zero-order chi connectivity index (χ0) is 20.2. The number of ether oxygens (including phenoxy) is 1. The van der Waals surface area contributed by atoms with Crippen molar-refractivity contribution in [3.8, 4) is 5.75 Å². The largest absolute Gasteiger partial charge is 0.500 e. The van der Waals surface area contributed by atoms with Crippen LogP contribution in [0, 0.1) is 12.9 Å². The molecule has 0 bridgehead atoms. The number of aryl methyl sites for hydroxylation is 1. The van der Waals surface area contributed by atoms with Crippen LogP contribution >= 0.6 is 0 Å². The molecule has 1 aliphatic rings. The first-order valence-electron chi connectivity index (χ1n) is 8.53. The summed E-state index contributed by atoms with van der Waals surface area (Å²) in [6.45, 7) is 9.27. The van der Waals surface area contributed by atoms with Gasteiger partial charge in [-0.05, 0) is 46.8 Å². The monoisotopic (exact) mass is 395 g/mol. The van der Waals surface area contributed by atoms with Crippen LogP contribution in [0.4, 0.5) is 4.39 Å². The molecule has 0 N–H and O–H groups in total. The summed E-state index contributed by atoms with van der Waals surface area (Å²) in [7, 11) is -3.81. The minimum Gasteiger partial charge on any atom is -0.492 e. The Morgan fingerprint density at radius 3 is 2.07 bits per heavy atom. The maximum absolute atomic E-state index is 14.9. The fourth-order valence-corrected chi connectivity index (χ4v) is 4.05. The lowest BCUT2D eigenvalue weighted by Crippen LogP contribution is -2.41. The summed E-state index contributed by atoms with van der Waals surface area (Å²) < 4.78 is 58.3. The first-order chi connectivity index (χ1) is 12.4. The van der Waals surface area contributed by atoms with E-state index in [4.69, 9.17) is 14.0 Å². The molecule has 0 radical (unpaired) electrons. The highest BCUT2D eigenvalue weighted by Gasteiger charge is 2.53. The molecule has 3 rings (SSSR count). The standard InChI is InChI=1S/C18H23BFNO5S/c1-12-7-9-13(10-8-12)27(22,23)21-11-14(15(24-6)16(21)20)19-25-17(2,3)18(4,5)26-19/h7-11H,1-6H3. The molecule has 1 aromatic carbocycles. The number of nitrogens with zero attached hydrogens (tertiary/aromatic N) is 1. The van der Waals surface area contributed by atoms with Gasteiger partial charge in [0.05, 0.1) is 23.2 Å². The fourth-order valence-electron chi connectivity index (χ4n) is 2.80. The van der Waals surface area contributed by atoms with Crippen LogP contribution in [0.1, 0.15) is 33.3 Å². The maximum Gasteiger partial charge on any atom is 0.500 e. The number of hydrogen-bond acceptors (Lipinski definition) is 5. The Bertz CT molecular complexity index is 950. The predicted molar refractivity (Wildman–Crippen MR) is 100 cm³/mol. The van der Waals surface area contributed by atoms with Crippen LogP contribution in [0.3, 0.4) is 0 Å². The van der Waals surface area contributed by atoms with Crippen LogP contribution in [0.25, 0.3) is 0 Å². The molecule has 9 heteroatoms. The number of methoxy groups -OCH3 is 1. The average molecular weight is 395 g/mol. The van der Waals surface area contributed by atoms with Crippen LogP contribution in [-0.4, -0.2) is 37.8 Å². The van der Waals surface area contributed by atoms with Crippen molar-refractivity contribution < 1.29 is 26.9 Å². The Hall–Kier alpha value is -1.84. The molecule has 0 unspecified atom stereocenters. The Morgan fingerprint density at radius 1 is 1.07 bits per heavy atom. The summed E-state index contributed by atoms with van der Waals surface area (Å²) in [6.07, 6.45) is 1.16. The number of halogens is 1. The molecular formula is C18H23BFNO5S. The van der Waals surface area contributed by atoms with Gasteiger partial charge in [-0.15, -0.1) is 0 Å². The summed E-state index contributed by atoms with van der Waals surface area (Å²) in [4.78, 5) is -0.0230. The van der Waals surface area contributed by atoms with Gasteiger partial charge in [-0.3, -0.25) is 0 Å². The van der Waals surface area contributed by atoms with Crippen LogP contribution < -0.4 is 10.2 Å². The Kier molecular flexibility index (Phi) is 4.69. The van der Waals surface area contributed by atoms with Crippen LogP contribution in [0.2, 0.25) is 0 Å². The minimum atomic E-state index is -4.13. The van der Waals surface area contributed by atoms with Crippen molar-refractivity contribution in [3.63, 3.8) is 0 Å². The van der Waals surface area contributed by atoms with E-state index in [2.05, 4.69) is 0 Å². The molecule has 0 saturated carbocycles. The van der Waals surface area contributed by atoms with Crippen molar-refractivity contribution in [2.45, 2.75) is 50.7 Å². The van der Waals surface area contributed by atoms with Crippen LogP contribution in [-0.2, 0) is 19.3 Å². The minimum absolute atomic E-state index is 0.0230. The van der Waals surface area contributed by atoms with Gasteiger partial charge in [-0.2, -0.15) is 4.39 Å². The van der Waals surface area contributed by atoms with E-state index >= 15 is 0 Å². The quantitative estimate of drug-likeness (QED) is 0.745. The molecule has 0 spiro atoms. The van der Waals surface area contributed by atoms with Crippen molar-refractivity contribution in [1.82, 2.24) is 3.97 Å². The van der Waals surface area contributed by atoms with Gasteiger partial charge in [0.25, 0.3) is 10.0 Å². The Balaban J connectivity index is 2.09. The normalized spacial score (nSPS) is 18.7. The first-order valence-corrected chi connectivity index (χ1v) is 9.97. The smallest absolute Gasteiger partial charge is 0.492 e. The van der Waals surface area contributed by atoms with Crippen LogP contribution in [0.5, 0.6) is 5.75 Å². The number of hydrogen-bond donors (Lipinski definition) is 0. The average Bonchev–Trinajstić information content (AvgIpc) is 3.01. The van der Waals surface area contributed by atoms with Crippen molar-refractivity contribution in [3.05, 3.63) is 42.0 Å². The summed E-state index contributed by atoms with van der Waals surface area (Å²) in [5, 5.41) is 0. The SMILES string of the molecule is COc1c(B2OC(C)(C)C(C)(C)O2)cn(S(=O)(=O)c2ccc(C)cc2)c1F. The van der Waals surface area contributed by atoms with E-state index in [-0.39, 0.29) is 16.1 Å². The molecule has 2 aromatic rings. The molecular weight excluding hydrogens is 372 g/mol. The van der Waals surface area contributed by atoms with E-state index < -0.39 is 34.3 Å². The third-order valence-corrected chi connectivity index (χ3v) is 6.84. The molecule has 1 aromatic heterocycles. The molecule has 0 aliphatic carbocycles. The van der Waals surface area contributed by atoms with E-state index in [1.807, 2.05) is 34.6 Å². The molecule has 2 heterocycles. The summed E-state index contributed by atoms with van der Waals surface area (Å²) in [5.41, 5.74) is -0.226. The topological polar surface area (TPSA) is 66.8 Å². The molecule has 1 fully saturated rings. The maximum atomic E-state index is 14.9. The van der Waals surface area contributed by atoms with Crippen molar-refractivity contribution in [1.29, 1.82) is 0 Å². The van der Waals surface area contributed by atoms with Crippen molar-refractivity contribution in [2.75, 3.05) is 7.11 Å². The van der Waals surface area contributed by atoms with Gasteiger partial charge in [0, 0.05) is 11.7 Å². The third kappa shape index (κ3) is 3.17. The molecule has 0 amide bonds. The number of benzene rings is 1. The van der Waals surface area contributed by atoms with E-state index in [0.717, 1.165) is 11.8 Å². The van der Waals surface area contributed by atoms with Gasteiger partial charge in [0.2, 0.25) is 5.95 Å². The number of aromatic nitrogens is 1. The van der Waals surface area contributed by atoms with E-state index in [1.165, 1.54) is 19.2 Å². The second-order valence-corrected chi connectivity index (χ2v) is 9.43. The Labute approximate surface area is 159 Å². The predicted octanol–water partition coefficient (Wildman–Crippen LogP) is 2.48. The van der Waals surface area contributed by atoms with Crippen molar-refractivity contribution in [2.24, 2.45) is 0 Å². The van der Waals surface area contributed by atoms with E-state index in [0.29, 0.717) is 3.97 Å². The lowest BCUT2D eigenvalue weighted by molar-refractivity contribution is 0.00578. The second-order valence-electron chi connectivity index (χ2n) is 7.61. The molecule has 146 valence electrons. The zero-order valence-electron chi connectivity index (χ0n) is 16.2. The third-order valence-electron chi connectivity index (χ3n) is 5.19. The highest BCUT2D eigenvalue weighted by Crippen LogP contribution is 2.37. The molecule has 6 nitrogen and oxygen atoms in total. The highest BCUT2D eigenvalue weighted by molar-refractivity contribution is 7.90. The molecule has 1 saturated heterocycles. The second kappa shape index (κ2) is 6.36. The van der Waals surface area contributed by atoms with Gasteiger partial charge < -0.3 is 14.0 Å². The van der Waals surface area contributed by atoms with E-state index in [1.54, 1.807) is 12.1 Å². The zero-order valence-corrected chi connectivity index (χ0v) is 17.1. The lowest BCUT2D eigenvalue weighted by atomic mass is 9.80. The summed E-state index contributed by atoms with van der Waals surface area (Å²) in [5.74, 6) is -1.24. The Morgan fingerprint density at radius 2 is 1.59 bits per heavy atom. The molecule has 27 heavy (non-hydrogen) atoms. The highest BCUT2D eigenvalue weighted by atomic mass is 32.2. The van der Waals surface area contributed by atoms with Crippen molar-refractivity contribution >= 4 is 22.6 Å². The van der Waals surface area contributed by atoms with Gasteiger partial charge in [0.15, 0.2) is 5.75 Å². The van der Waals surface area contributed by atoms with Gasteiger partial charge in [0.1, 0.15) is 0 Å². The van der Waals surface area contributed by atoms with Gasteiger partial charge in [-0.25, -0.2) is 12.4 Å². The van der Waals surface area contributed by atoms with Crippen LogP contribution in [0.15, 0.2) is 35.4 Å².